The van der Waals surface area contributed by atoms with Crippen molar-refractivity contribution in [2.45, 2.75) is 71.3 Å². The molecule has 1 fully saturated rings. The first-order valence-electron chi connectivity index (χ1n) is 13.8. The Bertz CT molecular complexity index is 1340. The van der Waals surface area contributed by atoms with Gasteiger partial charge in [0.25, 0.3) is 0 Å². The minimum Gasteiger partial charge on any atom is -0.513 e. The summed E-state index contributed by atoms with van der Waals surface area (Å²) < 4.78 is 26.8. The minimum absolute atomic E-state index is 0.0216. The Hall–Kier alpha value is -3.27. The topological polar surface area (TPSA) is 38.7 Å². The lowest BCUT2D eigenvalue weighted by molar-refractivity contribution is 0.302. The van der Waals surface area contributed by atoms with E-state index in [0.29, 0.717) is 23.8 Å². The molecule has 4 heteroatoms. The fourth-order valence-corrected chi connectivity index (χ4v) is 6.60. The highest BCUT2D eigenvalue weighted by atomic mass is 19.1. The van der Waals surface area contributed by atoms with Crippen LogP contribution >= 0.6 is 0 Å². The number of halogens is 1. The molecule has 3 nitrogen and oxygen atoms in total. The van der Waals surface area contributed by atoms with Crippen LogP contribution in [0.3, 0.4) is 0 Å². The standard InChI is InChI=1S/C34H39FO3/c1-21(22(2)36)27-14-10-24-9-11-26(19-29(24)27)38-20-23-8-13-28(31-18-25(37-5)12-15-33(31)35)30(17-23)32-7-6-16-34(32,3)4/h8-9,11-13,15,17-19,21,27,32,36H,2,6-7,10,14,16,20H2,1,3-5H3/t21-,27-,32+/m0/s1. The van der Waals surface area contributed by atoms with Gasteiger partial charge in [0, 0.05) is 11.5 Å². The number of hydrogen-bond donors (Lipinski definition) is 1. The van der Waals surface area contributed by atoms with Crippen LogP contribution in [0.15, 0.2) is 66.9 Å². The van der Waals surface area contributed by atoms with Crippen molar-refractivity contribution in [2.75, 3.05) is 7.11 Å². The fraction of sp³-hybridized carbons (Fsp3) is 0.412. The smallest absolute Gasteiger partial charge is 0.131 e. The Morgan fingerprint density at radius 1 is 1.03 bits per heavy atom. The number of aliphatic hydroxyl groups is 1. The third-order valence-electron chi connectivity index (χ3n) is 8.99. The lowest BCUT2D eigenvalue weighted by Crippen LogP contribution is -2.17. The molecule has 0 saturated heterocycles. The minimum atomic E-state index is -0.237. The summed E-state index contributed by atoms with van der Waals surface area (Å²) in [4.78, 5) is 0. The van der Waals surface area contributed by atoms with Gasteiger partial charge in [-0.05, 0) is 101 Å². The molecule has 0 unspecified atom stereocenters. The van der Waals surface area contributed by atoms with Crippen LogP contribution in [0.25, 0.3) is 11.1 Å². The van der Waals surface area contributed by atoms with Gasteiger partial charge in [-0.2, -0.15) is 0 Å². The summed E-state index contributed by atoms with van der Waals surface area (Å²) >= 11 is 0. The van der Waals surface area contributed by atoms with Crippen molar-refractivity contribution in [3.63, 3.8) is 0 Å². The maximum atomic E-state index is 15.1. The lowest BCUT2D eigenvalue weighted by atomic mass is 9.75. The van der Waals surface area contributed by atoms with E-state index in [2.05, 4.69) is 38.6 Å². The molecule has 0 aromatic heterocycles. The van der Waals surface area contributed by atoms with Crippen LogP contribution < -0.4 is 9.47 Å². The summed E-state index contributed by atoms with van der Waals surface area (Å²) in [6.07, 6.45) is 5.46. The number of hydrogen-bond acceptors (Lipinski definition) is 3. The second-order valence-electron chi connectivity index (χ2n) is 11.8. The van der Waals surface area contributed by atoms with Gasteiger partial charge in [-0.15, -0.1) is 0 Å². The van der Waals surface area contributed by atoms with Crippen molar-refractivity contribution >= 4 is 0 Å². The zero-order valence-corrected chi connectivity index (χ0v) is 23.0. The highest BCUT2D eigenvalue weighted by Gasteiger charge is 2.37. The summed E-state index contributed by atoms with van der Waals surface area (Å²) in [6.45, 7) is 10.9. The van der Waals surface area contributed by atoms with Crippen molar-refractivity contribution in [3.05, 3.63) is 95.0 Å². The maximum absolute atomic E-state index is 15.1. The number of methoxy groups -OCH3 is 1. The average Bonchev–Trinajstić information content (AvgIpc) is 3.49. The Morgan fingerprint density at radius 2 is 1.82 bits per heavy atom. The second-order valence-corrected chi connectivity index (χ2v) is 11.8. The van der Waals surface area contributed by atoms with Crippen LogP contribution in [0.4, 0.5) is 4.39 Å². The molecule has 1 saturated carbocycles. The average molecular weight is 515 g/mol. The maximum Gasteiger partial charge on any atom is 0.131 e. The van der Waals surface area contributed by atoms with Crippen molar-refractivity contribution in [3.8, 4) is 22.6 Å². The largest absolute Gasteiger partial charge is 0.513 e. The Morgan fingerprint density at radius 3 is 2.53 bits per heavy atom. The van der Waals surface area contributed by atoms with E-state index in [1.54, 1.807) is 19.2 Å². The number of allylic oxidation sites excluding steroid dienone is 1. The Labute approximate surface area is 226 Å². The molecule has 0 heterocycles. The number of rotatable bonds is 8. The quantitative estimate of drug-likeness (QED) is 0.305. The number of benzene rings is 3. The van der Waals surface area contributed by atoms with Gasteiger partial charge >= 0.3 is 0 Å². The SMILES string of the molecule is C=C(O)[C@H](C)[C@@H]1CCc2ccc(OCc3ccc(-c4cc(OC)ccc4F)c([C@H]4CCCC4(C)C)c3)cc21. The first-order chi connectivity index (χ1) is 18.2. The van der Waals surface area contributed by atoms with Crippen molar-refractivity contribution in [2.24, 2.45) is 11.3 Å². The summed E-state index contributed by atoms with van der Waals surface area (Å²) in [7, 11) is 1.61. The predicted molar refractivity (Wildman–Crippen MR) is 152 cm³/mol. The number of fused-ring (bicyclic) bond motifs is 1. The van der Waals surface area contributed by atoms with Crippen LogP contribution in [0, 0.1) is 17.2 Å². The molecular formula is C34H39FO3. The third-order valence-corrected chi connectivity index (χ3v) is 8.99. The number of aliphatic hydroxyl groups excluding tert-OH is 1. The molecule has 5 rings (SSSR count). The molecule has 1 N–H and O–H groups in total. The molecule has 3 aromatic carbocycles. The van der Waals surface area contributed by atoms with Crippen LogP contribution in [-0.2, 0) is 13.0 Å². The van der Waals surface area contributed by atoms with Gasteiger partial charge in [-0.3, -0.25) is 0 Å². The molecule has 3 atom stereocenters. The van der Waals surface area contributed by atoms with Crippen LogP contribution in [0.1, 0.15) is 80.5 Å². The first-order valence-corrected chi connectivity index (χ1v) is 13.8. The van der Waals surface area contributed by atoms with Gasteiger partial charge in [-0.1, -0.05) is 58.0 Å². The molecule has 3 aromatic rings. The fourth-order valence-electron chi connectivity index (χ4n) is 6.60. The van der Waals surface area contributed by atoms with Gasteiger partial charge in [0.2, 0.25) is 0 Å². The number of aryl methyl sites for hydroxylation is 1. The van der Waals surface area contributed by atoms with E-state index in [1.165, 1.54) is 29.2 Å². The molecule has 0 radical (unpaired) electrons. The van der Waals surface area contributed by atoms with E-state index in [-0.39, 0.29) is 28.8 Å². The second kappa shape index (κ2) is 10.5. The third kappa shape index (κ3) is 5.06. The van der Waals surface area contributed by atoms with Crippen LogP contribution in [0.5, 0.6) is 11.5 Å². The van der Waals surface area contributed by atoms with Gasteiger partial charge < -0.3 is 14.6 Å². The van der Waals surface area contributed by atoms with Gasteiger partial charge in [-0.25, -0.2) is 4.39 Å². The van der Waals surface area contributed by atoms with Gasteiger partial charge in [0.1, 0.15) is 23.9 Å². The molecule has 38 heavy (non-hydrogen) atoms. The highest BCUT2D eigenvalue weighted by molar-refractivity contribution is 5.71. The van der Waals surface area contributed by atoms with E-state index < -0.39 is 0 Å². The summed E-state index contributed by atoms with van der Waals surface area (Å²) in [5, 5.41) is 9.98. The molecule has 2 aliphatic rings. The zero-order valence-electron chi connectivity index (χ0n) is 23.0. The number of ether oxygens (including phenoxy) is 2. The molecular weight excluding hydrogens is 475 g/mol. The molecule has 0 aliphatic heterocycles. The van der Waals surface area contributed by atoms with E-state index in [1.807, 2.05) is 25.1 Å². The summed E-state index contributed by atoms with van der Waals surface area (Å²) in [6, 6.07) is 17.6. The van der Waals surface area contributed by atoms with Crippen molar-refractivity contribution in [1.82, 2.24) is 0 Å². The van der Waals surface area contributed by atoms with E-state index in [4.69, 9.17) is 9.47 Å². The summed E-state index contributed by atoms with van der Waals surface area (Å²) in [5.41, 5.74) is 6.50. The zero-order chi connectivity index (χ0) is 27.0. The molecule has 0 amide bonds. The highest BCUT2D eigenvalue weighted by Crippen LogP contribution is 2.51. The molecule has 0 bridgehead atoms. The van der Waals surface area contributed by atoms with E-state index in [0.717, 1.165) is 42.6 Å². The molecule has 200 valence electrons. The molecule has 2 aliphatic carbocycles. The predicted octanol–water partition coefficient (Wildman–Crippen LogP) is 9.11. The Balaban J connectivity index is 1.45. The van der Waals surface area contributed by atoms with Gasteiger partial charge in [0.15, 0.2) is 0 Å². The van der Waals surface area contributed by atoms with E-state index >= 15 is 4.39 Å². The Kier molecular flexibility index (Phi) is 7.26. The lowest BCUT2D eigenvalue weighted by Gasteiger charge is -2.30. The van der Waals surface area contributed by atoms with Crippen LogP contribution in [-0.4, -0.2) is 12.2 Å². The van der Waals surface area contributed by atoms with Crippen molar-refractivity contribution < 1.29 is 19.0 Å². The summed E-state index contributed by atoms with van der Waals surface area (Å²) in [5.74, 6) is 2.12. The molecule has 0 spiro atoms. The first kappa shape index (κ1) is 26.3. The monoisotopic (exact) mass is 514 g/mol. The van der Waals surface area contributed by atoms with Crippen LogP contribution in [0.2, 0.25) is 0 Å². The van der Waals surface area contributed by atoms with Gasteiger partial charge in [0.05, 0.1) is 12.9 Å². The normalized spacial score (nSPS) is 20.7. The van der Waals surface area contributed by atoms with E-state index in [9.17, 15) is 5.11 Å². The van der Waals surface area contributed by atoms with Crippen molar-refractivity contribution in [1.29, 1.82) is 0 Å².